The van der Waals surface area contributed by atoms with Crippen molar-refractivity contribution in [3.05, 3.63) is 58.0 Å². The third kappa shape index (κ3) is 2.79. The number of pyridine rings is 2. The van der Waals surface area contributed by atoms with Crippen molar-refractivity contribution >= 4 is 5.82 Å². The van der Waals surface area contributed by atoms with Crippen LogP contribution < -0.4 is 4.74 Å². The average molecular weight is 245 g/mol. The Morgan fingerprint density at radius 1 is 1.33 bits per heavy atom. The molecule has 92 valence electrons. The molecule has 0 aliphatic carbocycles. The predicted octanol–water partition coefficient (Wildman–Crippen LogP) is 2.27. The zero-order valence-electron chi connectivity index (χ0n) is 9.74. The number of hydrogen-bond donors (Lipinski definition) is 0. The van der Waals surface area contributed by atoms with Crippen molar-refractivity contribution in [2.75, 3.05) is 0 Å². The second kappa shape index (κ2) is 5.22. The topological polar surface area (TPSA) is 78.2 Å². The first-order chi connectivity index (χ1) is 8.66. The number of nitrogens with zero attached hydrogens (tertiary/aromatic N) is 3. The molecule has 0 saturated heterocycles. The lowest BCUT2D eigenvalue weighted by Gasteiger charge is -2.05. The van der Waals surface area contributed by atoms with E-state index in [2.05, 4.69) is 9.97 Å². The van der Waals surface area contributed by atoms with Gasteiger partial charge in [0, 0.05) is 12.3 Å². The Kier molecular flexibility index (Phi) is 3.47. The highest BCUT2D eigenvalue weighted by molar-refractivity contribution is 5.27. The Morgan fingerprint density at radius 3 is 2.78 bits per heavy atom. The van der Waals surface area contributed by atoms with Crippen molar-refractivity contribution in [2.24, 2.45) is 0 Å². The third-order valence-corrected chi connectivity index (χ3v) is 2.40. The van der Waals surface area contributed by atoms with Gasteiger partial charge in [0.15, 0.2) is 11.9 Å². The quantitative estimate of drug-likeness (QED) is 0.609. The molecule has 0 atom stereocenters. The maximum absolute atomic E-state index is 10.4. The van der Waals surface area contributed by atoms with Crippen LogP contribution in [-0.4, -0.2) is 14.9 Å². The Labute approximate surface area is 103 Å². The lowest BCUT2D eigenvalue weighted by Crippen LogP contribution is -2.01. The fourth-order valence-corrected chi connectivity index (χ4v) is 1.39. The lowest BCUT2D eigenvalue weighted by atomic mass is 10.2. The van der Waals surface area contributed by atoms with Crippen molar-refractivity contribution < 1.29 is 9.66 Å². The molecule has 0 amide bonds. The van der Waals surface area contributed by atoms with Gasteiger partial charge < -0.3 is 14.9 Å². The van der Waals surface area contributed by atoms with Crippen LogP contribution in [0.15, 0.2) is 36.7 Å². The minimum atomic E-state index is -0.549. The molecular weight excluding hydrogens is 234 g/mol. The fourth-order valence-electron chi connectivity index (χ4n) is 1.39. The summed E-state index contributed by atoms with van der Waals surface area (Å²) in [6.07, 6.45) is 3.02. The molecule has 6 heteroatoms. The van der Waals surface area contributed by atoms with Crippen LogP contribution in [0.5, 0.6) is 5.75 Å². The molecule has 0 aromatic carbocycles. The molecule has 2 heterocycles. The molecule has 2 rings (SSSR count). The van der Waals surface area contributed by atoms with E-state index >= 15 is 0 Å². The van der Waals surface area contributed by atoms with Crippen molar-refractivity contribution in [3.8, 4) is 5.75 Å². The summed E-state index contributed by atoms with van der Waals surface area (Å²) in [5.74, 6) is 0.280. The summed E-state index contributed by atoms with van der Waals surface area (Å²) < 4.78 is 5.46. The Morgan fingerprint density at radius 2 is 2.17 bits per heavy atom. The summed E-state index contributed by atoms with van der Waals surface area (Å²) in [6, 6.07) is 6.62. The van der Waals surface area contributed by atoms with Crippen LogP contribution in [0.2, 0.25) is 0 Å². The summed E-state index contributed by atoms with van der Waals surface area (Å²) >= 11 is 0. The largest absolute Gasteiger partial charge is 0.483 e. The zero-order chi connectivity index (χ0) is 13.0. The molecule has 0 aliphatic rings. The molecule has 0 fully saturated rings. The second-order valence-electron chi connectivity index (χ2n) is 3.66. The fraction of sp³-hybridized carbons (Fsp3) is 0.167. The maximum Gasteiger partial charge on any atom is 0.363 e. The van der Waals surface area contributed by atoms with Gasteiger partial charge in [0.2, 0.25) is 0 Å². The van der Waals surface area contributed by atoms with E-state index in [4.69, 9.17) is 4.74 Å². The van der Waals surface area contributed by atoms with E-state index in [9.17, 15) is 10.1 Å². The predicted molar refractivity (Wildman–Crippen MR) is 64.2 cm³/mol. The SMILES string of the molecule is Cc1cccnc1COc1ccc([N+](=O)[O-])nc1. The molecule has 0 saturated carbocycles. The molecule has 0 spiro atoms. The number of rotatable bonds is 4. The van der Waals surface area contributed by atoms with E-state index in [1.54, 1.807) is 6.20 Å². The first-order valence-electron chi connectivity index (χ1n) is 5.30. The van der Waals surface area contributed by atoms with Gasteiger partial charge in [-0.25, -0.2) is 0 Å². The average Bonchev–Trinajstić information content (AvgIpc) is 2.38. The van der Waals surface area contributed by atoms with Gasteiger partial charge in [-0.2, -0.15) is 0 Å². The van der Waals surface area contributed by atoms with Crippen LogP contribution in [0.3, 0.4) is 0 Å². The number of aromatic nitrogens is 2. The summed E-state index contributed by atoms with van der Waals surface area (Å²) in [5, 5.41) is 10.4. The van der Waals surface area contributed by atoms with E-state index in [1.807, 2.05) is 19.1 Å². The smallest absolute Gasteiger partial charge is 0.363 e. The zero-order valence-corrected chi connectivity index (χ0v) is 9.74. The third-order valence-electron chi connectivity index (χ3n) is 2.40. The van der Waals surface area contributed by atoms with Crippen molar-refractivity contribution in [2.45, 2.75) is 13.5 Å². The van der Waals surface area contributed by atoms with Crippen LogP contribution in [0, 0.1) is 17.0 Å². The summed E-state index contributed by atoms with van der Waals surface area (Å²) in [6.45, 7) is 2.26. The molecule has 0 radical (unpaired) electrons. The Hall–Kier alpha value is -2.50. The number of ether oxygens (including phenoxy) is 1. The monoisotopic (exact) mass is 245 g/mol. The van der Waals surface area contributed by atoms with Gasteiger partial charge in [0.25, 0.3) is 0 Å². The summed E-state index contributed by atoms with van der Waals surface area (Å²) in [5.41, 5.74) is 1.86. The number of nitro groups is 1. The Bertz CT molecular complexity index is 555. The normalized spacial score (nSPS) is 10.1. The van der Waals surface area contributed by atoms with Gasteiger partial charge in [-0.05, 0) is 34.5 Å². The standard InChI is InChI=1S/C12H11N3O3/c1-9-3-2-6-13-11(9)8-18-10-4-5-12(14-7-10)15(16)17/h2-7H,8H2,1H3. The highest BCUT2D eigenvalue weighted by Gasteiger charge is 2.07. The molecule has 2 aromatic rings. The first kappa shape index (κ1) is 12.0. The molecule has 0 bridgehead atoms. The first-order valence-corrected chi connectivity index (χ1v) is 5.30. The van der Waals surface area contributed by atoms with Crippen molar-refractivity contribution in [3.63, 3.8) is 0 Å². The van der Waals surface area contributed by atoms with E-state index < -0.39 is 4.92 Å². The van der Waals surface area contributed by atoms with E-state index in [1.165, 1.54) is 18.3 Å². The molecule has 2 aromatic heterocycles. The molecule has 0 N–H and O–H groups in total. The molecule has 6 nitrogen and oxygen atoms in total. The summed E-state index contributed by atoms with van der Waals surface area (Å²) in [4.78, 5) is 17.7. The van der Waals surface area contributed by atoms with Crippen LogP contribution in [0.1, 0.15) is 11.3 Å². The molecule has 0 aliphatic heterocycles. The van der Waals surface area contributed by atoms with Gasteiger partial charge in [0.1, 0.15) is 6.61 Å². The van der Waals surface area contributed by atoms with E-state index in [-0.39, 0.29) is 5.82 Å². The summed E-state index contributed by atoms with van der Waals surface area (Å²) in [7, 11) is 0. The second-order valence-corrected chi connectivity index (χ2v) is 3.66. The van der Waals surface area contributed by atoms with Crippen LogP contribution in [-0.2, 0) is 6.61 Å². The maximum atomic E-state index is 10.4. The van der Waals surface area contributed by atoms with Crippen LogP contribution in [0.4, 0.5) is 5.82 Å². The van der Waals surface area contributed by atoms with Gasteiger partial charge in [0.05, 0.1) is 5.69 Å². The number of hydrogen-bond acceptors (Lipinski definition) is 5. The van der Waals surface area contributed by atoms with Crippen molar-refractivity contribution in [1.82, 2.24) is 9.97 Å². The van der Waals surface area contributed by atoms with Crippen LogP contribution >= 0.6 is 0 Å². The molecule has 18 heavy (non-hydrogen) atoms. The molecule has 0 unspecified atom stereocenters. The Balaban J connectivity index is 2.02. The van der Waals surface area contributed by atoms with Gasteiger partial charge in [-0.15, -0.1) is 0 Å². The van der Waals surface area contributed by atoms with Gasteiger partial charge in [-0.3, -0.25) is 4.98 Å². The lowest BCUT2D eigenvalue weighted by molar-refractivity contribution is -0.389. The highest BCUT2D eigenvalue weighted by atomic mass is 16.6. The minimum absolute atomic E-state index is 0.198. The van der Waals surface area contributed by atoms with Crippen molar-refractivity contribution in [1.29, 1.82) is 0 Å². The minimum Gasteiger partial charge on any atom is -0.483 e. The number of aryl methyl sites for hydroxylation is 1. The molecular formula is C12H11N3O3. The van der Waals surface area contributed by atoms with Gasteiger partial charge in [-0.1, -0.05) is 6.07 Å². The van der Waals surface area contributed by atoms with Gasteiger partial charge >= 0.3 is 5.82 Å². The highest BCUT2D eigenvalue weighted by Crippen LogP contribution is 2.15. The van der Waals surface area contributed by atoms with E-state index in [0.717, 1.165) is 11.3 Å². The van der Waals surface area contributed by atoms with Crippen LogP contribution in [0.25, 0.3) is 0 Å². The van der Waals surface area contributed by atoms with E-state index in [0.29, 0.717) is 12.4 Å².